The van der Waals surface area contributed by atoms with Gasteiger partial charge in [0.1, 0.15) is 34.4 Å². The quantitative estimate of drug-likeness (QED) is 0.0906. The van der Waals surface area contributed by atoms with Gasteiger partial charge in [-0.3, -0.25) is 19.2 Å². The first-order valence-electron chi connectivity index (χ1n) is 27.8. The van der Waals surface area contributed by atoms with E-state index in [-0.39, 0.29) is 42.9 Å². The Hall–Kier alpha value is -6.82. The van der Waals surface area contributed by atoms with Crippen LogP contribution in [0.3, 0.4) is 0 Å². The molecule has 0 radical (unpaired) electrons. The van der Waals surface area contributed by atoms with E-state index in [0.29, 0.717) is 45.4 Å². The number of likely N-dealkylation sites (tertiary alicyclic amines) is 2. The maximum Gasteiger partial charge on any atom is 0.417 e. The van der Waals surface area contributed by atoms with Crippen LogP contribution in [0, 0.1) is 46.9 Å². The van der Waals surface area contributed by atoms with Gasteiger partial charge >= 0.3 is 6.18 Å². The third kappa shape index (κ3) is 14.4. The van der Waals surface area contributed by atoms with Gasteiger partial charge in [-0.1, -0.05) is 111 Å². The fourth-order valence-corrected chi connectivity index (χ4v) is 12.6. The molecule has 438 valence electrons. The van der Waals surface area contributed by atoms with Gasteiger partial charge in [0.2, 0.25) is 11.8 Å². The topological polar surface area (TPSA) is 123 Å². The molecular weight excluding hydrogens is 1140 g/mol. The Bertz CT molecular complexity index is 3280. The number of carbonyl (C=O) groups excluding carboxylic acids is 4. The Morgan fingerprint density at radius 3 is 1.22 bits per heavy atom. The lowest BCUT2D eigenvalue weighted by Gasteiger charge is -2.43. The van der Waals surface area contributed by atoms with Crippen molar-refractivity contribution in [2.75, 3.05) is 34.4 Å². The number of rotatable bonds is 12. The first-order valence-corrected chi connectivity index (χ1v) is 28.9. The van der Waals surface area contributed by atoms with Crippen molar-refractivity contribution in [2.24, 2.45) is 23.7 Å². The van der Waals surface area contributed by atoms with E-state index in [1.165, 1.54) is 34.8 Å². The molecule has 6 aromatic rings. The van der Waals surface area contributed by atoms with E-state index in [9.17, 15) is 49.9 Å². The van der Waals surface area contributed by atoms with Crippen molar-refractivity contribution in [1.82, 2.24) is 9.80 Å². The Labute approximate surface area is 492 Å². The molecule has 4 N–H and O–H groups in total. The number of alkyl halides is 3. The summed E-state index contributed by atoms with van der Waals surface area (Å²) in [6.45, 7) is 4.08. The molecule has 2 unspecified atom stereocenters. The molecule has 4 aliphatic rings. The van der Waals surface area contributed by atoms with Crippen LogP contribution in [0.1, 0.15) is 128 Å². The minimum absolute atomic E-state index is 0.0945. The normalized spacial score (nSPS) is 21.2. The maximum atomic E-state index is 14.8. The van der Waals surface area contributed by atoms with E-state index >= 15 is 0 Å². The number of piperidine rings is 2. The van der Waals surface area contributed by atoms with Gasteiger partial charge in [0.25, 0.3) is 11.8 Å². The van der Waals surface area contributed by atoms with E-state index < -0.39 is 92.8 Å². The zero-order valence-corrected chi connectivity index (χ0v) is 47.7. The Balaban J connectivity index is 0.000000200. The van der Waals surface area contributed by atoms with E-state index in [0.717, 1.165) is 92.4 Å². The molecule has 10 rings (SSSR count). The predicted octanol–water partition coefficient (Wildman–Crippen LogP) is 16.6. The lowest BCUT2D eigenvalue weighted by Crippen LogP contribution is -2.49. The van der Waals surface area contributed by atoms with Crippen LogP contribution in [0.25, 0.3) is 0 Å². The number of anilines is 4. The van der Waals surface area contributed by atoms with Crippen LogP contribution in [0.2, 0.25) is 15.1 Å². The van der Waals surface area contributed by atoms with Gasteiger partial charge in [-0.2, -0.15) is 13.2 Å². The second-order valence-corrected chi connectivity index (χ2v) is 23.4. The molecule has 10 nitrogen and oxygen atoms in total. The van der Waals surface area contributed by atoms with Crippen LogP contribution in [-0.4, -0.2) is 58.6 Å². The van der Waals surface area contributed by atoms with E-state index in [1.807, 2.05) is 43.3 Å². The van der Waals surface area contributed by atoms with Crippen molar-refractivity contribution < 1.29 is 49.9 Å². The van der Waals surface area contributed by atoms with Crippen molar-refractivity contribution in [3.8, 4) is 0 Å². The number of nitrogens with zero attached hydrogens (tertiary/aromatic N) is 2. The fourth-order valence-electron chi connectivity index (χ4n) is 12.1. The Morgan fingerprint density at radius 2 is 0.843 bits per heavy atom. The molecule has 4 amide bonds. The number of amides is 4. The van der Waals surface area contributed by atoms with Crippen molar-refractivity contribution in [3.05, 3.63) is 187 Å². The highest BCUT2D eigenvalue weighted by atomic mass is 35.5. The lowest BCUT2D eigenvalue weighted by molar-refractivity contribution is -0.137. The molecular formula is C63H62Cl3F7N6O4. The molecule has 2 aliphatic carbocycles. The van der Waals surface area contributed by atoms with Crippen LogP contribution in [0.5, 0.6) is 0 Å². The average Bonchev–Trinajstić information content (AvgIpc) is 3.61. The highest BCUT2D eigenvalue weighted by Crippen LogP contribution is 2.44. The fraction of sp³-hybridized carbons (Fsp3) is 0.365. The molecule has 2 saturated carbocycles. The summed E-state index contributed by atoms with van der Waals surface area (Å²) in [6.07, 6.45) is 5.08. The monoisotopic (exact) mass is 1200 g/mol. The average molecular weight is 1210 g/mol. The zero-order valence-electron chi connectivity index (χ0n) is 45.5. The molecule has 0 aromatic heterocycles. The van der Waals surface area contributed by atoms with Gasteiger partial charge in [-0.25, -0.2) is 17.6 Å². The first kappa shape index (κ1) is 60.8. The largest absolute Gasteiger partial charge is 0.417 e. The molecule has 0 spiro atoms. The lowest BCUT2D eigenvalue weighted by atomic mass is 9.79. The minimum atomic E-state index is -4.74. The van der Waals surface area contributed by atoms with Gasteiger partial charge in [0.05, 0.1) is 44.6 Å². The van der Waals surface area contributed by atoms with Gasteiger partial charge in [-0.15, -0.1) is 0 Å². The molecule has 4 fully saturated rings. The van der Waals surface area contributed by atoms with E-state index in [1.54, 1.807) is 37.3 Å². The third-order valence-corrected chi connectivity index (χ3v) is 17.1. The second kappa shape index (κ2) is 26.4. The van der Waals surface area contributed by atoms with Gasteiger partial charge in [0, 0.05) is 47.9 Å². The minimum Gasteiger partial charge on any atom is -0.382 e. The predicted molar refractivity (Wildman–Crippen MR) is 310 cm³/mol. The van der Waals surface area contributed by atoms with Crippen molar-refractivity contribution in [1.29, 1.82) is 0 Å². The molecule has 6 aromatic carbocycles. The molecule has 83 heavy (non-hydrogen) atoms. The highest BCUT2D eigenvalue weighted by Gasteiger charge is 2.45. The number of carbonyl (C=O) groups is 4. The van der Waals surface area contributed by atoms with Crippen LogP contribution < -0.4 is 21.3 Å². The number of benzene rings is 6. The molecule has 6 atom stereocenters. The van der Waals surface area contributed by atoms with Gasteiger partial charge in [-0.05, 0) is 146 Å². The SMILES string of the molecule is C[C@@H]1C[C@H](C(=O)Nc2ccc(Cl)c(C(F)(F)F)c2)C(c2ccc(NC3CCCC3)cc2)N(C(=O)c2c(F)cccc2F)C1.C[C@@H]1C[C@H](C(=O)Nc2ccc(Cl)c(Cl)c2)C(c2ccc(NC3CCCC3)cc2)N(C(=O)c2c(F)cccc2F)C1. The van der Waals surface area contributed by atoms with Crippen LogP contribution in [0.15, 0.2) is 121 Å². The summed E-state index contributed by atoms with van der Waals surface area (Å²) in [5, 5.41) is 12.6. The summed E-state index contributed by atoms with van der Waals surface area (Å²) in [6, 6.07) is 28.3. The summed E-state index contributed by atoms with van der Waals surface area (Å²) < 4.78 is 99.4. The Kier molecular flexibility index (Phi) is 19.3. The number of hydrogen-bond acceptors (Lipinski definition) is 6. The van der Waals surface area contributed by atoms with Crippen molar-refractivity contribution in [2.45, 2.75) is 108 Å². The Morgan fingerprint density at radius 1 is 0.482 bits per heavy atom. The molecule has 2 saturated heterocycles. The van der Waals surface area contributed by atoms with Crippen LogP contribution in [0.4, 0.5) is 53.5 Å². The maximum absolute atomic E-state index is 14.8. The summed E-state index contributed by atoms with van der Waals surface area (Å²) >= 11 is 17.9. The summed E-state index contributed by atoms with van der Waals surface area (Å²) in [5.41, 5.74) is 0.979. The summed E-state index contributed by atoms with van der Waals surface area (Å²) in [5.74, 6) is -8.57. The number of hydrogen-bond donors (Lipinski definition) is 4. The van der Waals surface area contributed by atoms with Crippen molar-refractivity contribution in [3.63, 3.8) is 0 Å². The first-order chi connectivity index (χ1) is 39.6. The molecule has 20 heteroatoms. The summed E-state index contributed by atoms with van der Waals surface area (Å²) in [7, 11) is 0. The number of nitrogens with one attached hydrogen (secondary N) is 4. The van der Waals surface area contributed by atoms with E-state index in [4.69, 9.17) is 34.8 Å². The standard InChI is InChI=1S/C32H31ClF5N3O2.C31H31Cl2F2N3O2/c1-18-15-23(30(42)40-22-13-14-25(33)24(16-22)32(36,37)38)29(19-9-11-21(12-10-19)39-20-5-2-3-6-20)41(17-18)31(43)28-26(34)7-4-8-27(28)35;1-18-15-23(30(39)37-22-13-14-24(32)25(33)16-22)29(19-9-11-21(12-10-19)36-20-5-2-3-6-20)38(17-18)31(40)28-26(34)7-4-8-27(28)35/h4,7-14,16,18,20,23,29,39H,2-3,5-6,15,17H2,1H3,(H,40,42);4,7-14,16,18,20,23,29,36H,2-3,5-6,15,17H2,1H3,(H,37,39)/t2*18-,23+,29?/m11/s1. The highest BCUT2D eigenvalue weighted by molar-refractivity contribution is 6.42. The smallest absolute Gasteiger partial charge is 0.382 e. The number of halogens is 10. The van der Waals surface area contributed by atoms with Gasteiger partial charge in [0.15, 0.2) is 0 Å². The molecule has 2 heterocycles. The molecule has 2 aliphatic heterocycles. The van der Waals surface area contributed by atoms with Crippen LogP contribution in [-0.2, 0) is 15.8 Å². The van der Waals surface area contributed by atoms with Crippen molar-refractivity contribution >= 4 is 81.2 Å². The third-order valence-electron chi connectivity index (χ3n) is 16.0. The van der Waals surface area contributed by atoms with Gasteiger partial charge < -0.3 is 31.1 Å². The second-order valence-electron chi connectivity index (χ2n) is 22.2. The zero-order chi connectivity index (χ0) is 59.3. The van der Waals surface area contributed by atoms with E-state index in [2.05, 4.69) is 21.3 Å². The summed E-state index contributed by atoms with van der Waals surface area (Å²) in [4.78, 5) is 57.7. The molecule has 0 bridgehead atoms. The van der Waals surface area contributed by atoms with Crippen LogP contribution >= 0.6 is 34.8 Å².